The Kier molecular flexibility index (Phi) is 6.72. The summed E-state index contributed by atoms with van der Waals surface area (Å²) in [6, 6.07) is 0. The maximum absolute atomic E-state index is 11.9. The van der Waals surface area contributed by atoms with Gasteiger partial charge in [0.1, 0.15) is 18.0 Å². The lowest BCUT2D eigenvalue weighted by Crippen LogP contribution is -2.31. The number of hydrogen-bond acceptors (Lipinski definition) is 6. The molecule has 0 unspecified atom stereocenters. The minimum atomic E-state index is 0.145. The van der Waals surface area contributed by atoms with E-state index >= 15 is 0 Å². The minimum absolute atomic E-state index is 0.145. The molecule has 0 spiro atoms. The van der Waals surface area contributed by atoms with Crippen LogP contribution in [0, 0.1) is 0 Å². The van der Waals surface area contributed by atoms with Crippen LogP contribution in [0.15, 0.2) is 6.33 Å². The van der Waals surface area contributed by atoms with E-state index in [4.69, 9.17) is 5.84 Å². The maximum atomic E-state index is 11.9. The Morgan fingerprint density at radius 1 is 1.25 bits per heavy atom. The summed E-state index contributed by atoms with van der Waals surface area (Å²) >= 11 is 0. The molecule has 1 rings (SSSR count). The van der Waals surface area contributed by atoms with E-state index in [1.807, 2.05) is 25.7 Å². The van der Waals surface area contributed by atoms with Crippen LogP contribution in [0.2, 0.25) is 0 Å². The van der Waals surface area contributed by atoms with E-state index in [9.17, 15) is 4.79 Å². The summed E-state index contributed by atoms with van der Waals surface area (Å²) in [6.45, 7) is 7.99. The first-order valence-corrected chi connectivity index (χ1v) is 6.99. The van der Waals surface area contributed by atoms with Gasteiger partial charge in [-0.2, -0.15) is 0 Å². The lowest BCUT2D eigenvalue weighted by atomic mass is 10.2. The summed E-state index contributed by atoms with van der Waals surface area (Å²) in [5, 5.41) is 3.18. The molecular formula is C13H24N6O. The van der Waals surface area contributed by atoms with Gasteiger partial charge in [-0.15, -0.1) is 0 Å². The van der Waals surface area contributed by atoms with Gasteiger partial charge in [-0.1, -0.05) is 6.92 Å². The number of nitrogen functional groups attached to an aromatic ring is 1. The molecule has 1 amide bonds. The predicted molar refractivity (Wildman–Crippen MR) is 80.3 cm³/mol. The van der Waals surface area contributed by atoms with Crippen molar-refractivity contribution in [2.75, 3.05) is 30.4 Å². The van der Waals surface area contributed by atoms with E-state index in [-0.39, 0.29) is 5.91 Å². The van der Waals surface area contributed by atoms with Crippen molar-refractivity contribution < 1.29 is 4.79 Å². The zero-order chi connectivity index (χ0) is 15.0. The lowest BCUT2D eigenvalue weighted by Gasteiger charge is -2.19. The van der Waals surface area contributed by atoms with Crippen molar-refractivity contribution in [3.05, 3.63) is 11.9 Å². The molecule has 1 heterocycles. The third kappa shape index (κ3) is 4.06. The Balaban J connectivity index is 2.60. The third-order valence-electron chi connectivity index (χ3n) is 3.18. The first kappa shape index (κ1) is 16.2. The molecule has 7 heteroatoms. The van der Waals surface area contributed by atoms with Gasteiger partial charge in [0.25, 0.3) is 0 Å². The van der Waals surface area contributed by atoms with Gasteiger partial charge >= 0.3 is 0 Å². The largest absolute Gasteiger partial charge is 0.369 e. The number of rotatable bonds is 8. The molecule has 0 aromatic carbocycles. The van der Waals surface area contributed by atoms with E-state index in [0.29, 0.717) is 18.8 Å². The molecule has 0 aliphatic carbocycles. The van der Waals surface area contributed by atoms with Crippen LogP contribution >= 0.6 is 0 Å². The van der Waals surface area contributed by atoms with Crippen molar-refractivity contribution in [1.82, 2.24) is 14.9 Å². The van der Waals surface area contributed by atoms with Gasteiger partial charge in [-0.25, -0.2) is 15.8 Å². The number of hydrogen-bond donors (Lipinski definition) is 3. The quantitative estimate of drug-likeness (QED) is 0.485. The second-order valence-electron chi connectivity index (χ2n) is 4.29. The summed E-state index contributed by atoms with van der Waals surface area (Å²) < 4.78 is 0. The number of amides is 1. The van der Waals surface area contributed by atoms with Crippen molar-refractivity contribution in [2.45, 2.75) is 33.6 Å². The van der Waals surface area contributed by atoms with Crippen molar-refractivity contribution in [2.24, 2.45) is 5.84 Å². The second kappa shape index (κ2) is 8.31. The molecule has 20 heavy (non-hydrogen) atoms. The molecule has 4 N–H and O–H groups in total. The van der Waals surface area contributed by atoms with Crippen molar-refractivity contribution in [3.63, 3.8) is 0 Å². The summed E-state index contributed by atoms with van der Waals surface area (Å²) in [5.74, 6) is 6.90. The van der Waals surface area contributed by atoms with E-state index in [2.05, 4.69) is 20.7 Å². The number of anilines is 2. The van der Waals surface area contributed by atoms with Crippen LogP contribution in [-0.4, -0.2) is 40.4 Å². The summed E-state index contributed by atoms with van der Waals surface area (Å²) in [5.41, 5.74) is 3.48. The number of nitrogens with two attached hydrogens (primary N) is 1. The minimum Gasteiger partial charge on any atom is -0.369 e. The fourth-order valence-corrected chi connectivity index (χ4v) is 2.05. The Morgan fingerprint density at radius 3 is 2.45 bits per heavy atom. The zero-order valence-electron chi connectivity index (χ0n) is 12.4. The topological polar surface area (TPSA) is 96.2 Å². The molecule has 1 aromatic rings. The molecule has 0 aliphatic rings. The fraction of sp³-hybridized carbons (Fsp3) is 0.615. The summed E-state index contributed by atoms with van der Waals surface area (Å²) in [7, 11) is 0. The van der Waals surface area contributed by atoms with Gasteiger partial charge in [0.05, 0.1) is 0 Å². The van der Waals surface area contributed by atoms with Crippen molar-refractivity contribution in [3.8, 4) is 0 Å². The Morgan fingerprint density at radius 2 is 1.90 bits per heavy atom. The average Bonchev–Trinajstić information content (AvgIpc) is 2.48. The van der Waals surface area contributed by atoms with Gasteiger partial charge in [0, 0.05) is 31.6 Å². The van der Waals surface area contributed by atoms with Crippen LogP contribution in [0.5, 0.6) is 0 Å². The number of nitrogens with one attached hydrogen (secondary N) is 2. The Labute approximate surface area is 119 Å². The van der Waals surface area contributed by atoms with E-state index in [1.54, 1.807) is 0 Å². The Hall–Kier alpha value is -1.89. The summed E-state index contributed by atoms with van der Waals surface area (Å²) in [6.07, 6.45) is 2.65. The van der Waals surface area contributed by atoms with E-state index in [0.717, 1.165) is 30.9 Å². The van der Waals surface area contributed by atoms with Gasteiger partial charge in [-0.05, 0) is 20.3 Å². The number of carbonyl (C=O) groups excluding carboxylic acids is 1. The number of hydrazine groups is 1. The SMILES string of the molecule is CCc1c(NN)ncnc1NCCC(=O)N(CC)CC. The number of nitrogens with zero attached hydrogens (tertiary/aromatic N) is 3. The molecule has 0 aliphatic heterocycles. The molecular weight excluding hydrogens is 256 g/mol. The van der Waals surface area contributed by atoms with Crippen LogP contribution < -0.4 is 16.6 Å². The van der Waals surface area contributed by atoms with Crippen LogP contribution in [0.3, 0.4) is 0 Å². The normalized spacial score (nSPS) is 10.2. The number of carbonyl (C=O) groups is 1. The lowest BCUT2D eigenvalue weighted by molar-refractivity contribution is -0.130. The van der Waals surface area contributed by atoms with Crippen molar-refractivity contribution in [1.29, 1.82) is 0 Å². The van der Waals surface area contributed by atoms with Crippen molar-refractivity contribution >= 4 is 17.5 Å². The standard InChI is InChI=1S/C13H24N6O/c1-4-10-12(16-9-17-13(10)18-14)15-8-7-11(20)19(5-2)6-3/h9H,4-8,14H2,1-3H3,(H2,15,16,17,18). The highest BCUT2D eigenvalue weighted by molar-refractivity contribution is 5.76. The molecule has 0 saturated carbocycles. The van der Waals surface area contributed by atoms with Gasteiger partial charge < -0.3 is 15.6 Å². The monoisotopic (exact) mass is 280 g/mol. The van der Waals surface area contributed by atoms with Crippen LogP contribution in [0.25, 0.3) is 0 Å². The van der Waals surface area contributed by atoms with Gasteiger partial charge in [0.15, 0.2) is 0 Å². The highest BCUT2D eigenvalue weighted by Gasteiger charge is 2.11. The molecule has 0 saturated heterocycles. The van der Waals surface area contributed by atoms with Crippen LogP contribution in [-0.2, 0) is 11.2 Å². The fourth-order valence-electron chi connectivity index (χ4n) is 2.05. The first-order chi connectivity index (χ1) is 9.67. The summed E-state index contributed by atoms with van der Waals surface area (Å²) in [4.78, 5) is 22.0. The first-order valence-electron chi connectivity index (χ1n) is 6.99. The molecule has 0 radical (unpaired) electrons. The predicted octanol–water partition coefficient (Wildman–Crippen LogP) is 0.995. The average molecular weight is 280 g/mol. The molecule has 112 valence electrons. The highest BCUT2D eigenvalue weighted by Crippen LogP contribution is 2.19. The molecule has 0 fully saturated rings. The highest BCUT2D eigenvalue weighted by atomic mass is 16.2. The van der Waals surface area contributed by atoms with Gasteiger partial charge in [-0.3, -0.25) is 4.79 Å². The van der Waals surface area contributed by atoms with Gasteiger partial charge in [0.2, 0.25) is 5.91 Å². The molecule has 1 aromatic heterocycles. The zero-order valence-corrected chi connectivity index (χ0v) is 12.4. The second-order valence-corrected chi connectivity index (χ2v) is 4.29. The smallest absolute Gasteiger partial charge is 0.224 e. The third-order valence-corrected chi connectivity index (χ3v) is 3.18. The number of aromatic nitrogens is 2. The molecule has 0 bridgehead atoms. The van der Waals surface area contributed by atoms with Crippen LogP contribution in [0.4, 0.5) is 11.6 Å². The molecule has 0 atom stereocenters. The Bertz CT molecular complexity index is 433. The van der Waals surface area contributed by atoms with Crippen LogP contribution in [0.1, 0.15) is 32.8 Å². The molecule has 7 nitrogen and oxygen atoms in total. The maximum Gasteiger partial charge on any atom is 0.224 e. The van der Waals surface area contributed by atoms with E-state index < -0.39 is 0 Å². The van der Waals surface area contributed by atoms with E-state index in [1.165, 1.54) is 6.33 Å².